The molecular formula is C13H10BrNO2. The van der Waals surface area contributed by atoms with Gasteiger partial charge in [-0.2, -0.15) is 0 Å². The van der Waals surface area contributed by atoms with Gasteiger partial charge in [-0.15, -0.1) is 0 Å². The molecule has 86 valence electrons. The van der Waals surface area contributed by atoms with Crippen LogP contribution >= 0.6 is 15.9 Å². The Morgan fingerprint density at radius 1 is 1.12 bits per heavy atom. The Kier molecular flexibility index (Phi) is 3.54. The second-order valence-corrected chi connectivity index (χ2v) is 4.61. The van der Waals surface area contributed by atoms with E-state index in [4.69, 9.17) is 0 Å². The topological polar surface area (TPSA) is 43.1 Å². The Morgan fingerprint density at radius 2 is 1.82 bits per heavy atom. The van der Waals surface area contributed by atoms with E-state index in [9.17, 15) is 10.1 Å². The zero-order chi connectivity index (χ0) is 12.3. The van der Waals surface area contributed by atoms with Crippen LogP contribution in [0.25, 0.3) is 0 Å². The summed E-state index contributed by atoms with van der Waals surface area (Å²) in [7, 11) is 0. The number of benzene rings is 2. The summed E-state index contributed by atoms with van der Waals surface area (Å²) in [6, 6.07) is 14.7. The van der Waals surface area contributed by atoms with E-state index in [2.05, 4.69) is 15.9 Å². The van der Waals surface area contributed by atoms with Crippen molar-refractivity contribution in [2.24, 2.45) is 0 Å². The average molecular weight is 292 g/mol. The summed E-state index contributed by atoms with van der Waals surface area (Å²) in [5.74, 6) is 0. The summed E-state index contributed by atoms with van der Waals surface area (Å²) in [5, 5.41) is 10.9. The number of nitro groups is 1. The average Bonchev–Trinajstić information content (AvgIpc) is 2.30. The fourth-order valence-electron chi connectivity index (χ4n) is 1.69. The molecule has 0 unspecified atom stereocenters. The number of hydrogen-bond acceptors (Lipinski definition) is 2. The Hall–Kier alpha value is -1.68. The SMILES string of the molecule is O=[N+]([O-])c1ccc(Br)cc1Cc1ccccc1. The lowest BCUT2D eigenvalue weighted by atomic mass is 10.0. The standard InChI is InChI=1S/C13H10BrNO2/c14-12-6-7-13(15(16)17)11(9-12)8-10-4-2-1-3-5-10/h1-7,9H,8H2. The van der Waals surface area contributed by atoms with Gasteiger partial charge in [0.1, 0.15) is 0 Å². The van der Waals surface area contributed by atoms with Crippen LogP contribution in [0.3, 0.4) is 0 Å². The molecular weight excluding hydrogens is 282 g/mol. The molecule has 0 atom stereocenters. The van der Waals surface area contributed by atoms with Gasteiger partial charge < -0.3 is 0 Å². The van der Waals surface area contributed by atoms with Crippen molar-refractivity contribution in [3.05, 3.63) is 74.2 Å². The highest BCUT2D eigenvalue weighted by atomic mass is 79.9. The lowest BCUT2D eigenvalue weighted by molar-refractivity contribution is -0.385. The van der Waals surface area contributed by atoms with Gasteiger partial charge in [-0.3, -0.25) is 10.1 Å². The minimum Gasteiger partial charge on any atom is -0.258 e. The molecule has 2 aromatic rings. The predicted molar refractivity (Wildman–Crippen MR) is 70.0 cm³/mol. The van der Waals surface area contributed by atoms with Gasteiger partial charge in [0.2, 0.25) is 0 Å². The maximum atomic E-state index is 10.9. The fraction of sp³-hybridized carbons (Fsp3) is 0.0769. The van der Waals surface area contributed by atoms with Crippen LogP contribution < -0.4 is 0 Å². The number of hydrogen-bond donors (Lipinski definition) is 0. The zero-order valence-electron chi connectivity index (χ0n) is 8.97. The van der Waals surface area contributed by atoms with Crippen molar-refractivity contribution in [1.82, 2.24) is 0 Å². The molecule has 0 bridgehead atoms. The zero-order valence-corrected chi connectivity index (χ0v) is 10.6. The van der Waals surface area contributed by atoms with Crippen molar-refractivity contribution in [1.29, 1.82) is 0 Å². The maximum Gasteiger partial charge on any atom is 0.272 e. The first-order chi connectivity index (χ1) is 8.16. The van der Waals surface area contributed by atoms with E-state index in [0.29, 0.717) is 6.42 Å². The second kappa shape index (κ2) is 5.10. The van der Waals surface area contributed by atoms with Crippen LogP contribution in [0.5, 0.6) is 0 Å². The molecule has 17 heavy (non-hydrogen) atoms. The lowest BCUT2D eigenvalue weighted by Gasteiger charge is -2.04. The van der Waals surface area contributed by atoms with E-state index in [1.54, 1.807) is 12.1 Å². The summed E-state index contributed by atoms with van der Waals surface area (Å²) in [6.07, 6.45) is 0.566. The van der Waals surface area contributed by atoms with Crippen LogP contribution in [0.1, 0.15) is 11.1 Å². The molecule has 0 heterocycles. The van der Waals surface area contributed by atoms with Gasteiger partial charge in [0.25, 0.3) is 5.69 Å². The highest BCUT2D eigenvalue weighted by Gasteiger charge is 2.13. The second-order valence-electron chi connectivity index (χ2n) is 3.69. The molecule has 2 aromatic carbocycles. The van der Waals surface area contributed by atoms with E-state index in [1.807, 2.05) is 30.3 Å². The van der Waals surface area contributed by atoms with Crippen molar-refractivity contribution >= 4 is 21.6 Å². The summed E-state index contributed by atoms with van der Waals surface area (Å²) >= 11 is 3.34. The molecule has 2 rings (SSSR count). The van der Waals surface area contributed by atoms with Crippen LogP contribution in [-0.4, -0.2) is 4.92 Å². The van der Waals surface area contributed by atoms with E-state index < -0.39 is 0 Å². The molecule has 0 radical (unpaired) electrons. The van der Waals surface area contributed by atoms with Crippen molar-refractivity contribution in [2.75, 3.05) is 0 Å². The smallest absolute Gasteiger partial charge is 0.258 e. The van der Waals surface area contributed by atoms with Gasteiger partial charge in [-0.05, 0) is 17.7 Å². The first kappa shape index (κ1) is 11.8. The molecule has 0 saturated heterocycles. The monoisotopic (exact) mass is 291 g/mol. The quantitative estimate of drug-likeness (QED) is 0.635. The normalized spacial score (nSPS) is 10.2. The Bertz CT molecular complexity index is 540. The molecule has 0 N–H and O–H groups in total. The highest BCUT2D eigenvalue weighted by Crippen LogP contribution is 2.25. The molecule has 4 heteroatoms. The largest absolute Gasteiger partial charge is 0.272 e. The van der Waals surface area contributed by atoms with Crippen LogP contribution in [0.2, 0.25) is 0 Å². The molecule has 0 amide bonds. The Balaban J connectivity index is 2.37. The molecule has 0 spiro atoms. The number of halogens is 1. The van der Waals surface area contributed by atoms with Crippen molar-refractivity contribution in [2.45, 2.75) is 6.42 Å². The Morgan fingerprint density at radius 3 is 2.47 bits per heavy atom. The molecule has 0 aliphatic carbocycles. The van der Waals surface area contributed by atoms with E-state index in [-0.39, 0.29) is 10.6 Å². The minimum atomic E-state index is -0.343. The summed E-state index contributed by atoms with van der Waals surface area (Å²) in [6.45, 7) is 0. The molecule has 3 nitrogen and oxygen atoms in total. The van der Waals surface area contributed by atoms with Gasteiger partial charge in [-0.1, -0.05) is 46.3 Å². The number of nitro benzene ring substituents is 1. The summed E-state index contributed by atoms with van der Waals surface area (Å²) in [5.41, 5.74) is 1.95. The van der Waals surface area contributed by atoms with Crippen LogP contribution in [0.15, 0.2) is 53.0 Å². The molecule has 0 aliphatic heterocycles. The summed E-state index contributed by atoms with van der Waals surface area (Å²) < 4.78 is 0.856. The van der Waals surface area contributed by atoms with E-state index >= 15 is 0 Å². The van der Waals surface area contributed by atoms with Crippen LogP contribution in [0, 0.1) is 10.1 Å². The highest BCUT2D eigenvalue weighted by molar-refractivity contribution is 9.10. The first-order valence-electron chi connectivity index (χ1n) is 5.13. The molecule has 0 fully saturated rings. The van der Waals surface area contributed by atoms with Crippen LogP contribution in [-0.2, 0) is 6.42 Å². The molecule has 0 aromatic heterocycles. The maximum absolute atomic E-state index is 10.9. The number of nitrogens with zero attached hydrogens (tertiary/aromatic N) is 1. The fourth-order valence-corrected chi connectivity index (χ4v) is 2.10. The lowest BCUT2D eigenvalue weighted by Crippen LogP contribution is -1.96. The third-order valence-corrected chi connectivity index (χ3v) is 2.97. The van der Waals surface area contributed by atoms with Gasteiger partial charge in [0.15, 0.2) is 0 Å². The molecule has 0 saturated carbocycles. The van der Waals surface area contributed by atoms with Crippen LogP contribution in [0.4, 0.5) is 5.69 Å². The van der Waals surface area contributed by atoms with Gasteiger partial charge >= 0.3 is 0 Å². The van der Waals surface area contributed by atoms with Crippen molar-refractivity contribution < 1.29 is 4.92 Å². The first-order valence-corrected chi connectivity index (χ1v) is 5.93. The molecule has 0 aliphatic rings. The van der Waals surface area contributed by atoms with E-state index in [1.165, 1.54) is 6.07 Å². The van der Waals surface area contributed by atoms with Gasteiger partial charge in [0.05, 0.1) is 4.92 Å². The van der Waals surface area contributed by atoms with E-state index in [0.717, 1.165) is 15.6 Å². The Labute approximate surface area is 107 Å². The van der Waals surface area contributed by atoms with Gasteiger partial charge in [-0.25, -0.2) is 0 Å². The van der Waals surface area contributed by atoms with Gasteiger partial charge in [0, 0.05) is 22.5 Å². The third-order valence-electron chi connectivity index (χ3n) is 2.48. The minimum absolute atomic E-state index is 0.164. The third kappa shape index (κ3) is 2.91. The van der Waals surface area contributed by atoms with Crippen molar-refractivity contribution in [3.8, 4) is 0 Å². The van der Waals surface area contributed by atoms with Crippen molar-refractivity contribution in [3.63, 3.8) is 0 Å². The predicted octanol–water partition coefficient (Wildman–Crippen LogP) is 3.95. The summed E-state index contributed by atoms with van der Waals surface area (Å²) in [4.78, 5) is 10.6. The number of rotatable bonds is 3.